The van der Waals surface area contributed by atoms with Crippen LogP contribution in [0.3, 0.4) is 0 Å². The maximum absolute atomic E-state index is 11.9. The van der Waals surface area contributed by atoms with Crippen molar-refractivity contribution in [3.05, 3.63) is 22.6 Å². The zero-order chi connectivity index (χ0) is 12.4. The highest BCUT2D eigenvalue weighted by Crippen LogP contribution is 2.18. The first-order chi connectivity index (χ1) is 8.08. The molecule has 0 radical (unpaired) electrons. The van der Waals surface area contributed by atoms with E-state index >= 15 is 0 Å². The predicted molar refractivity (Wildman–Crippen MR) is 64.5 cm³/mol. The molecule has 1 N–H and O–H groups in total. The first kappa shape index (κ1) is 12.2. The van der Waals surface area contributed by atoms with Gasteiger partial charge in [0.25, 0.3) is 5.91 Å². The molecule has 0 aliphatic carbocycles. The van der Waals surface area contributed by atoms with Gasteiger partial charge in [0.15, 0.2) is 4.67 Å². The molecule has 5 nitrogen and oxygen atoms in total. The molecule has 0 bridgehead atoms. The third-order valence-corrected chi connectivity index (χ3v) is 3.44. The number of hydrogen-bond acceptors (Lipinski definition) is 3. The summed E-state index contributed by atoms with van der Waals surface area (Å²) in [6, 6.07) is 1.61. The molecule has 2 amide bonds. The average molecular weight is 301 g/mol. The molecule has 0 saturated carbocycles. The molecule has 2 heterocycles. The van der Waals surface area contributed by atoms with Crippen LogP contribution in [0.1, 0.15) is 23.2 Å². The van der Waals surface area contributed by atoms with Gasteiger partial charge in [0, 0.05) is 26.1 Å². The SMILES string of the molecule is CN1CC(NC(=O)c2ccoc2Br)CCC1=O. The fraction of sp³-hybridized carbons (Fsp3) is 0.455. The number of carbonyl (C=O) groups is 2. The number of rotatable bonds is 2. The van der Waals surface area contributed by atoms with Gasteiger partial charge < -0.3 is 14.6 Å². The fourth-order valence-corrected chi connectivity index (χ4v) is 2.27. The van der Waals surface area contributed by atoms with E-state index in [0.29, 0.717) is 29.6 Å². The van der Waals surface area contributed by atoms with Crippen LogP contribution < -0.4 is 5.32 Å². The van der Waals surface area contributed by atoms with E-state index < -0.39 is 0 Å². The van der Waals surface area contributed by atoms with Crippen molar-refractivity contribution in [2.24, 2.45) is 0 Å². The van der Waals surface area contributed by atoms with Gasteiger partial charge in [-0.3, -0.25) is 9.59 Å². The molecule has 0 spiro atoms. The molecule has 1 aromatic heterocycles. The van der Waals surface area contributed by atoms with Crippen LogP contribution in [-0.4, -0.2) is 36.3 Å². The molecular weight excluding hydrogens is 288 g/mol. The zero-order valence-corrected chi connectivity index (χ0v) is 11.0. The monoisotopic (exact) mass is 300 g/mol. The van der Waals surface area contributed by atoms with E-state index in [9.17, 15) is 9.59 Å². The predicted octanol–water partition coefficient (Wildman–Crippen LogP) is 1.39. The number of hydrogen-bond donors (Lipinski definition) is 1. The average Bonchev–Trinajstić information content (AvgIpc) is 2.70. The molecule has 2 rings (SSSR count). The Morgan fingerprint density at radius 1 is 1.65 bits per heavy atom. The van der Waals surface area contributed by atoms with Crippen LogP contribution in [0, 0.1) is 0 Å². The number of furan rings is 1. The Hall–Kier alpha value is -1.30. The minimum absolute atomic E-state index is 0.00648. The Morgan fingerprint density at radius 2 is 2.41 bits per heavy atom. The second-order valence-electron chi connectivity index (χ2n) is 4.09. The van der Waals surface area contributed by atoms with Crippen molar-refractivity contribution in [1.82, 2.24) is 10.2 Å². The highest BCUT2D eigenvalue weighted by molar-refractivity contribution is 9.10. The highest BCUT2D eigenvalue weighted by Gasteiger charge is 2.25. The quantitative estimate of drug-likeness (QED) is 0.898. The number of piperidine rings is 1. The maximum atomic E-state index is 11.9. The molecule has 1 aliphatic rings. The summed E-state index contributed by atoms with van der Waals surface area (Å²) in [5.74, 6) is -0.0571. The van der Waals surface area contributed by atoms with E-state index in [1.807, 2.05) is 0 Å². The number of halogens is 1. The lowest BCUT2D eigenvalue weighted by Crippen LogP contribution is -2.48. The minimum atomic E-state index is -0.182. The summed E-state index contributed by atoms with van der Waals surface area (Å²) in [5, 5.41) is 2.89. The van der Waals surface area contributed by atoms with Gasteiger partial charge in [0.2, 0.25) is 5.91 Å². The smallest absolute Gasteiger partial charge is 0.256 e. The van der Waals surface area contributed by atoms with Gasteiger partial charge in [-0.2, -0.15) is 0 Å². The van der Waals surface area contributed by atoms with Crippen LogP contribution in [0.15, 0.2) is 21.4 Å². The Bertz CT molecular complexity index is 444. The fourth-order valence-electron chi connectivity index (χ4n) is 1.85. The van der Waals surface area contributed by atoms with Crippen LogP contribution in [0.4, 0.5) is 0 Å². The largest absolute Gasteiger partial charge is 0.457 e. The van der Waals surface area contributed by atoms with Gasteiger partial charge in [-0.15, -0.1) is 0 Å². The second kappa shape index (κ2) is 4.91. The Balaban J connectivity index is 1.96. The maximum Gasteiger partial charge on any atom is 0.256 e. The van der Waals surface area contributed by atoms with E-state index in [2.05, 4.69) is 21.2 Å². The molecule has 1 fully saturated rings. The van der Waals surface area contributed by atoms with E-state index in [0.717, 1.165) is 0 Å². The van der Waals surface area contributed by atoms with Gasteiger partial charge in [0.05, 0.1) is 11.8 Å². The Labute approximate surface area is 107 Å². The summed E-state index contributed by atoms with van der Waals surface area (Å²) in [6.07, 6.45) is 2.62. The first-order valence-electron chi connectivity index (χ1n) is 5.35. The van der Waals surface area contributed by atoms with Crippen molar-refractivity contribution in [3.63, 3.8) is 0 Å². The lowest BCUT2D eigenvalue weighted by atomic mass is 10.1. The molecule has 1 saturated heterocycles. The molecule has 1 unspecified atom stereocenters. The van der Waals surface area contributed by atoms with Gasteiger partial charge in [0.1, 0.15) is 0 Å². The normalized spacial score (nSPS) is 20.5. The van der Waals surface area contributed by atoms with Gasteiger partial charge in [-0.1, -0.05) is 0 Å². The molecule has 1 aromatic rings. The van der Waals surface area contributed by atoms with Crippen LogP contribution in [0.25, 0.3) is 0 Å². The van der Waals surface area contributed by atoms with Crippen LogP contribution in [0.2, 0.25) is 0 Å². The molecule has 17 heavy (non-hydrogen) atoms. The van der Waals surface area contributed by atoms with Crippen molar-refractivity contribution in [3.8, 4) is 0 Å². The topological polar surface area (TPSA) is 62.6 Å². The zero-order valence-electron chi connectivity index (χ0n) is 9.40. The third-order valence-electron chi connectivity index (χ3n) is 2.82. The third kappa shape index (κ3) is 2.69. The highest BCUT2D eigenvalue weighted by atomic mass is 79.9. The summed E-state index contributed by atoms with van der Waals surface area (Å²) < 4.78 is 5.43. The van der Waals surface area contributed by atoms with Gasteiger partial charge >= 0.3 is 0 Å². The van der Waals surface area contributed by atoms with Crippen molar-refractivity contribution in [2.75, 3.05) is 13.6 Å². The van der Waals surface area contributed by atoms with Crippen molar-refractivity contribution in [2.45, 2.75) is 18.9 Å². The number of nitrogens with one attached hydrogen (secondary N) is 1. The molecule has 1 atom stereocenters. The van der Waals surface area contributed by atoms with Gasteiger partial charge in [-0.25, -0.2) is 0 Å². The molecule has 1 aliphatic heterocycles. The molecule has 6 heteroatoms. The van der Waals surface area contributed by atoms with Crippen LogP contribution in [-0.2, 0) is 4.79 Å². The summed E-state index contributed by atoms with van der Waals surface area (Å²) in [7, 11) is 1.74. The Kier molecular flexibility index (Phi) is 3.51. The molecule has 92 valence electrons. The second-order valence-corrected chi connectivity index (χ2v) is 4.81. The lowest BCUT2D eigenvalue weighted by Gasteiger charge is -2.30. The number of nitrogens with zero attached hydrogens (tertiary/aromatic N) is 1. The van der Waals surface area contributed by atoms with Crippen LogP contribution in [0.5, 0.6) is 0 Å². The van der Waals surface area contributed by atoms with Crippen molar-refractivity contribution in [1.29, 1.82) is 0 Å². The summed E-state index contributed by atoms with van der Waals surface area (Å²) in [6.45, 7) is 0.556. The molecular formula is C11H13BrN2O3. The lowest BCUT2D eigenvalue weighted by molar-refractivity contribution is -0.132. The van der Waals surface area contributed by atoms with Crippen molar-refractivity contribution < 1.29 is 14.0 Å². The van der Waals surface area contributed by atoms with Gasteiger partial charge in [-0.05, 0) is 28.4 Å². The number of carbonyl (C=O) groups excluding carboxylic acids is 2. The molecule has 0 aromatic carbocycles. The van der Waals surface area contributed by atoms with E-state index in [-0.39, 0.29) is 17.9 Å². The number of likely N-dealkylation sites (tertiary alicyclic amines) is 1. The number of amides is 2. The van der Waals surface area contributed by atoms with Crippen molar-refractivity contribution >= 4 is 27.7 Å². The number of likely N-dealkylation sites (N-methyl/N-ethyl adjacent to an activating group) is 1. The minimum Gasteiger partial charge on any atom is -0.457 e. The first-order valence-corrected chi connectivity index (χ1v) is 6.15. The Morgan fingerprint density at radius 3 is 3.00 bits per heavy atom. The van der Waals surface area contributed by atoms with E-state index in [1.54, 1.807) is 18.0 Å². The van der Waals surface area contributed by atoms with E-state index in [1.165, 1.54) is 6.26 Å². The summed E-state index contributed by atoms with van der Waals surface area (Å²) in [5.41, 5.74) is 0.476. The van der Waals surface area contributed by atoms with Crippen LogP contribution >= 0.6 is 15.9 Å². The van der Waals surface area contributed by atoms with E-state index in [4.69, 9.17) is 4.42 Å². The summed E-state index contributed by atoms with van der Waals surface area (Å²) in [4.78, 5) is 24.8. The standard InChI is InChI=1S/C11H13BrN2O3/c1-14-6-7(2-3-9(14)15)13-11(16)8-4-5-17-10(8)12/h4-5,7H,2-3,6H2,1H3,(H,13,16). The summed E-state index contributed by atoms with van der Waals surface area (Å²) >= 11 is 3.16.